The van der Waals surface area contributed by atoms with Gasteiger partial charge in [0, 0.05) is 23.7 Å². The number of nitrogens with zero attached hydrogens (tertiary/aromatic N) is 1. The second-order valence-corrected chi connectivity index (χ2v) is 10.5. The lowest BCUT2D eigenvalue weighted by atomic mass is 10.1. The fourth-order valence-corrected chi connectivity index (χ4v) is 5.14. The van der Waals surface area contributed by atoms with E-state index < -0.39 is 16.0 Å². The quantitative estimate of drug-likeness (QED) is 0.546. The van der Waals surface area contributed by atoms with Gasteiger partial charge in [0.2, 0.25) is 15.9 Å². The van der Waals surface area contributed by atoms with Gasteiger partial charge in [-0.2, -0.15) is 4.31 Å². The van der Waals surface area contributed by atoms with Gasteiger partial charge in [-0.25, -0.2) is 13.2 Å². The van der Waals surface area contributed by atoms with E-state index in [1.54, 1.807) is 32.9 Å². The summed E-state index contributed by atoms with van der Waals surface area (Å²) in [6, 6.07) is 6.06. The molecule has 1 amide bonds. The summed E-state index contributed by atoms with van der Waals surface area (Å²) < 4.78 is 31.4. The Balaban J connectivity index is 2.05. The minimum atomic E-state index is -3.56. The monoisotopic (exact) mass is 467 g/mol. The highest BCUT2D eigenvalue weighted by molar-refractivity contribution is 7.89. The molecular formula is C21H29N3O5S2. The average molecular weight is 468 g/mol. The molecule has 10 heteroatoms. The van der Waals surface area contributed by atoms with E-state index in [0.29, 0.717) is 16.3 Å². The summed E-state index contributed by atoms with van der Waals surface area (Å²) in [5.74, 6) is -0.793. The molecule has 0 atom stereocenters. The molecule has 0 bridgehead atoms. The van der Waals surface area contributed by atoms with E-state index in [1.807, 2.05) is 13.8 Å². The molecule has 0 aliphatic rings. The largest absolute Gasteiger partial charge is 0.462 e. The van der Waals surface area contributed by atoms with Crippen molar-refractivity contribution < 1.29 is 22.7 Å². The van der Waals surface area contributed by atoms with Crippen LogP contribution in [0.4, 0.5) is 10.7 Å². The Morgan fingerprint density at radius 3 is 2.32 bits per heavy atom. The van der Waals surface area contributed by atoms with E-state index in [1.165, 1.54) is 34.8 Å². The van der Waals surface area contributed by atoms with E-state index >= 15 is 0 Å². The van der Waals surface area contributed by atoms with Gasteiger partial charge in [0.25, 0.3) is 0 Å². The molecule has 0 saturated carbocycles. The Morgan fingerprint density at radius 2 is 1.77 bits per heavy atom. The summed E-state index contributed by atoms with van der Waals surface area (Å²) in [6.07, 6.45) is 0. The number of anilines is 2. The third-order valence-corrected chi connectivity index (χ3v) is 8.00. The van der Waals surface area contributed by atoms with Crippen molar-refractivity contribution in [2.45, 2.75) is 45.6 Å². The number of carbonyl (C=O) groups excluding carboxylic acids is 2. The van der Waals surface area contributed by atoms with Gasteiger partial charge < -0.3 is 15.4 Å². The number of sulfonamides is 1. The van der Waals surface area contributed by atoms with Crippen LogP contribution in [0.25, 0.3) is 0 Å². The van der Waals surface area contributed by atoms with Gasteiger partial charge >= 0.3 is 5.97 Å². The van der Waals surface area contributed by atoms with Gasteiger partial charge in [0.05, 0.1) is 23.6 Å². The van der Waals surface area contributed by atoms with Crippen molar-refractivity contribution in [3.63, 3.8) is 0 Å². The van der Waals surface area contributed by atoms with E-state index in [4.69, 9.17) is 4.74 Å². The number of thiophene rings is 1. The molecule has 0 unspecified atom stereocenters. The summed E-state index contributed by atoms with van der Waals surface area (Å²) >= 11 is 1.32. The van der Waals surface area contributed by atoms with Crippen LogP contribution >= 0.6 is 11.3 Å². The van der Waals surface area contributed by atoms with Crippen LogP contribution in [0.3, 0.4) is 0 Å². The molecule has 170 valence electrons. The van der Waals surface area contributed by atoms with Crippen molar-refractivity contribution in [2.75, 3.05) is 30.8 Å². The molecule has 2 rings (SSSR count). The van der Waals surface area contributed by atoms with Crippen molar-refractivity contribution >= 4 is 43.9 Å². The van der Waals surface area contributed by atoms with Gasteiger partial charge in [0.15, 0.2) is 0 Å². The zero-order valence-corrected chi connectivity index (χ0v) is 20.2. The lowest BCUT2D eigenvalue weighted by molar-refractivity contribution is -0.114. The number of nitrogens with one attached hydrogen (secondary N) is 2. The zero-order chi connectivity index (χ0) is 23.3. The zero-order valence-electron chi connectivity index (χ0n) is 18.6. The van der Waals surface area contributed by atoms with Crippen molar-refractivity contribution in [1.29, 1.82) is 0 Å². The van der Waals surface area contributed by atoms with Crippen LogP contribution in [-0.2, 0) is 19.6 Å². The first-order valence-electron chi connectivity index (χ1n) is 9.88. The molecule has 0 radical (unpaired) electrons. The van der Waals surface area contributed by atoms with Crippen LogP contribution in [-0.4, -0.2) is 50.8 Å². The van der Waals surface area contributed by atoms with Crippen molar-refractivity contribution in [2.24, 2.45) is 0 Å². The molecule has 0 aliphatic carbocycles. The number of carbonyl (C=O) groups is 2. The Morgan fingerprint density at radius 1 is 1.16 bits per heavy atom. The van der Waals surface area contributed by atoms with Crippen LogP contribution in [0, 0.1) is 13.8 Å². The SMILES string of the molecule is CCOC(=O)c1c(NC(=O)CNc2ccc(S(=O)(=O)N(C)C(C)C)cc2)sc(C)c1C. The first kappa shape index (κ1) is 24.8. The predicted octanol–water partition coefficient (Wildman–Crippen LogP) is 3.62. The molecule has 2 aromatic rings. The number of hydrogen-bond acceptors (Lipinski definition) is 7. The number of rotatable bonds is 9. The normalized spacial score (nSPS) is 11.6. The second kappa shape index (κ2) is 10.3. The minimum absolute atomic E-state index is 0.0454. The predicted molar refractivity (Wildman–Crippen MR) is 123 cm³/mol. The molecule has 1 aromatic heterocycles. The molecule has 31 heavy (non-hydrogen) atoms. The van der Waals surface area contributed by atoms with Crippen molar-refractivity contribution in [3.05, 3.63) is 40.3 Å². The highest BCUT2D eigenvalue weighted by Gasteiger charge is 2.23. The number of amides is 1. The Bertz CT molecular complexity index is 1040. The third-order valence-electron chi connectivity index (χ3n) is 4.83. The topological polar surface area (TPSA) is 105 Å². The molecule has 2 N–H and O–H groups in total. The Kier molecular flexibility index (Phi) is 8.21. The maximum atomic E-state index is 12.5. The number of hydrogen-bond donors (Lipinski definition) is 2. The molecule has 1 aromatic carbocycles. The van der Waals surface area contributed by atoms with E-state index in [2.05, 4.69) is 10.6 Å². The van der Waals surface area contributed by atoms with Gasteiger partial charge in [-0.15, -0.1) is 11.3 Å². The lowest BCUT2D eigenvalue weighted by Crippen LogP contribution is -2.33. The summed E-state index contributed by atoms with van der Waals surface area (Å²) in [5, 5.41) is 6.17. The third kappa shape index (κ3) is 5.84. The van der Waals surface area contributed by atoms with Crippen LogP contribution in [0.1, 0.15) is 41.6 Å². The van der Waals surface area contributed by atoms with Gasteiger partial charge in [0.1, 0.15) is 5.00 Å². The Labute approximate surface area is 187 Å². The van der Waals surface area contributed by atoms with Gasteiger partial charge in [-0.1, -0.05) is 0 Å². The number of aryl methyl sites for hydroxylation is 1. The van der Waals surface area contributed by atoms with Crippen LogP contribution < -0.4 is 10.6 Å². The van der Waals surface area contributed by atoms with Crippen molar-refractivity contribution in [1.82, 2.24) is 4.31 Å². The minimum Gasteiger partial charge on any atom is -0.462 e. The maximum Gasteiger partial charge on any atom is 0.341 e. The number of ether oxygens (including phenoxy) is 1. The van der Waals surface area contributed by atoms with E-state index in [0.717, 1.165) is 10.4 Å². The molecule has 1 heterocycles. The van der Waals surface area contributed by atoms with Crippen LogP contribution in [0.15, 0.2) is 29.2 Å². The fourth-order valence-electron chi connectivity index (χ4n) is 2.71. The lowest BCUT2D eigenvalue weighted by Gasteiger charge is -2.21. The first-order valence-corrected chi connectivity index (χ1v) is 12.1. The van der Waals surface area contributed by atoms with Crippen LogP contribution in [0.2, 0.25) is 0 Å². The highest BCUT2D eigenvalue weighted by Crippen LogP contribution is 2.33. The van der Waals surface area contributed by atoms with Crippen LogP contribution in [0.5, 0.6) is 0 Å². The highest BCUT2D eigenvalue weighted by atomic mass is 32.2. The van der Waals surface area contributed by atoms with E-state index in [9.17, 15) is 18.0 Å². The number of esters is 1. The number of benzene rings is 1. The molecule has 8 nitrogen and oxygen atoms in total. The van der Waals surface area contributed by atoms with Gasteiger partial charge in [-0.3, -0.25) is 4.79 Å². The summed E-state index contributed by atoms with van der Waals surface area (Å²) in [7, 11) is -2.03. The molecular weight excluding hydrogens is 438 g/mol. The van der Waals surface area contributed by atoms with Gasteiger partial charge in [-0.05, 0) is 64.4 Å². The molecule has 0 aliphatic heterocycles. The first-order chi connectivity index (χ1) is 14.5. The smallest absolute Gasteiger partial charge is 0.341 e. The summed E-state index contributed by atoms with van der Waals surface area (Å²) in [5.41, 5.74) is 1.77. The molecule has 0 spiro atoms. The summed E-state index contributed by atoms with van der Waals surface area (Å²) in [6.45, 7) is 9.23. The molecule has 0 saturated heterocycles. The second-order valence-electron chi connectivity index (χ2n) is 7.25. The maximum absolute atomic E-state index is 12.5. The molecule has 0 fully saturated rings. The summed E-state index contributed by atoms with van der Waals surface area (Å²) in [4.78, 5) is 25.7. The average Bonchev–Trinajstić information content (AvgIpc) is 2.99. The standard InChI is InChI=1S/C21H29N3O5S2/c1-7-29-21(26)19-14(4)15(5)30-20(19)23-18(25)12-22-16-8-10-17(11-9-16)31(27,28)24(6)13(2)3/h8-11,13,22H,7,12H2,1-6H3,(H,23,25). The fraction of sp³-hybridized carbons (Fsp3) is 0.429. The van der Waals surface area contributed by atoms with E-state index in [-0.39, 0.29) is 30.0 Å². The Hall–Kier alpha value is -2.43. The van der Waals surface area contributed by atoms with Crippen molar-refractivity contribution in [3.8, 4) is 0 Å².